The molecular weight excluding hydrogens is 430 g/mol. The Kier molecular flexibility index (Phi) is 8.90. The number of benzene rings is 2. The van der Waals surface area contributed by atoms with Crippen molar-refractivity contribution in [3.8, 4) is 0 Å². The van der Waals surface area contributed by atoms with Gasteiger partial charge in [0.1, 0.15) is 0 Å². The molecule has 0 amide bonds. The highest BCUT2D eigenvalue weighted by Crippen LogP contribution is 2.23. The van der Waals surface area contributed by atoms with Crippen LogP contribution >= 0.6 is 11.6 Å². The molecule has 172 valence electrons. The summed E-state index contributed by atoms with van der Waals surface area (Å²) in [7, 11) is 0. The van der Waals surface area contributed by atoms with Crippen molar-refractivity contribution in [2.45, 2.75) is 25.4 Å². The summed E-state index contributed by atoms with van der Waals surface area (Å²) in [4.78, 5) is 26.0. The molecule has 2 N–H and O–H groups in total. The number of carboxylic acid groups (broad SMARTS) is 2. The first-order chi connectivity index (χ1) is 15.4. The minimum Gasteiger partial charge on any atom is -0.473 e. The van der Waals surface area contributed by atoms with Gasteiger partial charge in [0.25, 0.3) is 0 Å². The normalized spacial score (nSPS) is 18.0. The van der Waals surface area contributed by atoms with Gasteiger partial charge in [-0.05, 0) is 49.7 Å². The molecule has 4 rings (SSSR count). The Morgan fingerprint density at radius 3 is 1.94 bits per heavy atom. The molecule has 8 heteroatoms. The zero-order valence-corrected chi connectivity index (χ0v) is 18.8. The van der Waals surface area contributed by atoms with Crippen LogP contribution in [0.4, 0.5) is 5.69 Å². The van der Waals surface area contributed by atoms with Gasteiger partial charge in [-0.15, -0.1) is 0 Å². The maximum absolute atomic E-state index is 9.10. The first-order valence-electron chi connectivity index (χ1n) is 10.9. The SMILES string of the molecule is Clc1ccccc1CN1CCC(N2CCN(c3ccccc3)CC2)CC1.O=C(O)C(=O)O. The van der Waals surface area contributed by atoms with Gasteiger partial charge >= 0.3 is 11.9 Å². The highest BCUT2D eigenvalue weighted by atomic mass is 35.5. The van der Waals surface area contributed by atoms with Gasteiger partial charge in [-0.1, -0.05) is 48.0 Å². The van der Waals surface area contributed by atoms with Crippen LogP contribution in [-0.4, -0.2) is 77.3 Å². The summed E-state index contributed by atoms with van der Waals surface area (Å²) in [6.07, 6.45) is 2.55. The van der Waals surface area contributed by atoms with Gasteiger partial charge in [0.15, 0.2) is 0 Å². The maximum Gasteiger partial charge on any atom is 0.414 e. The van der Waals surface area contributed by atoms with E-state index >= 15 is 0 Å². The van der Waals surface area contributed by atoms with E-state index in [4.69, 9.17) is 31.4 Å². The Morgan fingerprint density at radius 1 is 0.812 bits per heavy atom. The van der Waals surface area contributed by atoms with Gasteiger partial charge < -0.3 is 15.1 Å². The monoisotopic (exact) mass is 459 g/mol. The number of halogens is 1. The van der Waals surface area contributed by atoms with Crippen LogP contribution in [0.15, 0.2) is 54.6 Å². The minimum atomic E-state index is -1.82. The lowest BCUT2D eigenvalue weighted by atomic mass is 10.0. The van der Waals surface area contributed by atoms with Crippen molar-refractivity contribution in [1.29, 1.82) is 0 Å². The molecule has 0 atom stereocenters. The molecule has 0 aliphatic carbocycles. The summed E-state index contributed by atoms with van der Waals surface area (Å²) in [5.74, 6) is -3.65. The van der Waals surface area contributed by atoms with E-state index in [0.29, 0.717) is 0 Å². The molecule has 7 nitrogen and oxygen atoms in total. The molecule has 0 spiro atoms. The summed E-state index contributed by atoms with van der Waals surface area (Å²) in [6.45, 7) is 7.99. The molecule has 0 bridgehead atoms. The molecule has 2 saturated heterocycles. The third-order valence-corrected chi connectivity index (χ3v) is 6.41. The number of nitrogens with zero attached hydrogens (tertiary/aromatic N) is 3. The van der Waals surface area contributed by atoms with Crippen LogP contribution in [0, 0.1) is 0 Å². The number of carboxylic acids is 2. The minimum absolute atomic E-state index is 0.746. The van der Waals surface area contributed by atoms with Crippen molar-refractivity contribution >= 4 is 29.2 Å². The topological polar surface area (TPSA) is 84.3 Å². The number of piperazine rings is 1. The van der Waals surface area contributed by atoms with Crippen LogP contribution in [0.1, 0.15) is 18.4 Å². The van der Waals surface area contributed by atoms with Crippen LogP contribution in [0.3, 0.4) is 0 Å². The van der Waals surface area contributed by atoms with Gasteiger partial charge in [0, 0.05) is 49.5 Å². The van der Waals surface area contributed by atoms with Crippen LogP contribution in [0.25, 0.3) is 0 Å². The van der Waals surface area contributed by atoms with Gasteiger partial charge in [-0.25, -0.2) is 9.59 Å². The fourth-order valence-corrected chi connectivity index (χ4v) is 4.49. The number of aliphatic carboxylic acids is 2. The number of rotatable bonds is 4. The summed E-state index contributed by atoms with van der Waals surface area (Å²) in [6, 6.07) is 19.8. The van der Waals surface area contributed by atoms with Crippen molar-refractivity contribution in [1.82, 2.24) is 9.80 Å². The van der Waals surface area contributed by atoms with Crippen LogP contribution < -0.4 is 4.90 Å². The summed E-state index contributed by atoms with van der Waals surface area (Å²) >= 11 is 6.32. The molecule has 2 aliphatic rings. The van der Waals surface area contributed by atoms with Crippen molar-refractivity contribution in [2.75, 3.05) is 44.2 Å². The Balaban J connectivity index is 0.000000427. The molecule has 2 aromatic rings. The maximum atomic E-state index is 9.10. The van der Waals surface area contributed by atoms with Gasteiger partial charge in [0.2, 0.25) is 0 Å². The van der Waals surface area contributed by atoms with Gasteiger partial charge in [0.05, 0.1) is 0 Å². The fraction of sp³-hybridized carbons (Fsp3) is 0.417. The third kappa shape index (κ3) is 6.95. The number of hydrogen-bond donors (Lipinski definition) is 2. The first-order valence-corrected chi connectivity index (χ1v) is 11.3. The predicted octanol–water partition coefficient (Wildman–Crippen LogP) is 3.28. The second-order valence-corrected chi connectivity index (χ2v) is 8.47. The van der Waals surface area contributed by atoms with E-state index in [2.05, 4.69) is 57.2 Å². The van der Waals surface area contributed by atoms with Gasteiger partial charge in [-0.2, -0.15) is 0 Å². The van der Waals surface area contributed by atoms with E-state index in [0.717, 1.165) is 30.7 Å². The van der Waals surface area contributed by atoms with E-state index in [1.165, 1.54) is 50.3 Å². The Bertz CT molecular complexity index is 868. The lowest BCUT2D eigenvalue weighted by molar-refractivity contribution is -0.159. The van der Waals surface area contributed by atoms with Crippen LogP contribution in [-0.2, 0) is 16.1 Å². The van der Waals surface area contributed by atoms with E-state index in [1.54, 1.807) is 0 Å². The zero-order valence-electron chi connectivity index (χ0n) is 18.1. The lowest BCUT2D eigenvalue weighted by Gasteiger charge is -2.43. The summed E-state index contributed by atoms with van der Waals surface area (Å²) in [5, 5.41) is 15.7. The second kappa shape index (κ2) is 11.9. The number of anilines is 1. The van der Waals surface area contributed by atoms with Crippen molar-refractivity contribution < 1.29 is 19.8 Å². The summed E-state index contributed by atoms with van der Waals surface area (Å²) in [5.41, 5.74) is 2.62. The van der Waals surface area contributed by atoms with Gasteiger partial charge in [-0.3, -0.25) is 9.80 Å². The largest absolute Gasteiger partial charge is 0.473 e. The van der Waals surface area contributed by atoms with Crippen LogP contribution in [0.5, 0.6) is 0 Å². The average molecular weight is 460 g/mol. The Hall–Kier alpha value is -2.61. The number of likely N-dealkylation sites (tertiary alicyclic amines) is 1. The standard InChI is InChI=1S/C22H28ClN3.C2H2O4/c23-22-9-5-4-6-19(22)18-24-12-10-21(11-13-24)26-16-14-25(15-17-26)20-7-2-1-3-8-20;3-1(4)2(5)6/h1-9,21H,10-18H2;(H,3,4)(H,5,6). The van der Waals surface area contributed by atoms with E-state index in [9.17, 15) is 0 Å². The summed E-state index contributed by atoms with van der Waals surface area (Å²) < 4.78 is 0. The van der Waals surface area contributed by atoms with Crippen molar-refractivity contribution in [3.05, 3.63) is 65.2 Å². The highest BCUT2D eigenvalue weighted by molar-refractivity contribution is 6.31. The Labute approximate surface area is 193 Å². The van der Waals surface area contributed by atoms with E-state index in [1.807, 2.05) is 12.1 Å². The fourth-order valence-electron chi connectivity index (χ4n) is 4.29. The average Bonchev–Trinajstić information content (AvgIpc) is 2.82. The van der Waals surface area contributed by atoms with Crippen molar-refractivity contribution in [2.24, 2.45) is 0 Å². The Morgan fingerprint density at radius 2 is 1.38 bits per heavy atom. The molecule has 32 heavy (non-hydrogen) atoms. The third-order valence-electron chi connectivity index (χ3n) is 6.04. The lowest BCUT2D eigenvalue weighted by Crippen LogP contribution is -2.53. The van der Waals surface area contributed by atoms with Crippen LogP contribution in [0.2, 0.25) is 5.02 Å². The number of para-hydroxylation sites is 1. The van der Waals surface area contributed by atoms with E-state index < -0.39 is 11.9 Å². The molecule has 2 aromatic carbocycles. The molecular formula is C24H30ClN3O4. The highest BCUT2D eigenvalue weighted by Gasteiger charge is 2.27. The molecule has 2 fully saturated rings. The van der Waals surface area contributed by atoms with E-state index in [-0.39, 0.29) is 0 Å². The molecule has 0 saturated carbocycles. The number of carbonyl (C=O) groups is 2. The number of piperidine rings is 1. The smallest absolute Gasteiger partial charge is 0.414 e. The zero-order chi connectivity index (χ0) is 22.9. The molecule has 2 heterocycles. The first kappa shape index (κ1) is 24.0. The molecule has 0 aromatic heterocycles. The number of hydrogen-bond acceptors (Lipinski definition) is 5. The molecule has 0 radical (unpaired) electrons. The predicted molar refractivity (Wildman–Crippen MR) is 125 cm³/mol. The molecule has 2 aliphatic heterocycles. The second-order valence-electron chi connectivity index (χ2n) is 8.07. The quantitative estimate of drug-likeness (QED) is 0.678. The van der Waals surface area contributed by atoms with Crippen molar-refractivity contribution in [3.63, 3.8) is 0 Å². The molecule has 0 unspecified atom stereocenters.